The number of aromatic hydroxyl groups is 1. The van der Waals surface area contributed by atoms with Crippen molar-refractivity contribution in [3.63, 3.8) is 0 Å². The van der Waals surface area contributed by atoms with E-state index in [2.05, 4.69) is 5.32 Å². The summed E-state index contributed by atoms with van der Waals surface area (Å²) in [5, 5.41) is 13.6. The number of fused-ring (bicyclic) bond motifs is 1. The molecule has 4 N–H and O–H groups in total. The van der Waals surface area contributed by atoms with Gasteiger partial charge in [0.05, 0.1) is 23.8 Å². The van der Waals surface area contributed by atoms with Crippen molar-refractivity contribution in [2.24, 2.45) is 0 Å². The zero-order valence-corrected chi connectivity index (χ0v) is 15.2. The molecule has 0 unspecified atom stereocenters. The van der Waals surface area contributed by atoms with Crippen LogP contribution in [0, 0.1) is 0 Å². The molecule has 136 valence electrons. The summed E-state index contributed by atoms with van der Waals surface area (Å²) in [6.07, 6.45) is 0.701. The molecule has 1 aliphatic rings. The summed E-state index contributed by atoms with van der Waals surface area (Å²) < 4.78 is 10.8. The normalized spacial score (nSPS) is 15.8. The van der Waals surface area contributed by atoms with Crippen LogP contribution in [0.15, 0.2) is 21.3 Å². The van der Waals surface area contributed by atoms with E-state index in [0.717, 1.165) is 50.3 Å². The van der Waals surface area contributed by atoms with Gasteiger partial charge in [-0.2, -0.15) is 0 Å². The first kappa shape index (κ1) is 18.2. The Kier molecular flexibility index (Phi) is 5.96. The van der Waals surface area contributed by atoms with Crippen LogP contribution in [0.4, 0.5) is 0 Å². The topological polar surface area (TPSA) is 80.7 Å². The monoisotopic (exact) mass is 368 g/mol. The molecule has 7 heteroatoms. The van der Waals surface area contributed by atoms with Crippen molar-refractivity contribution in [2.45, 2.75) is 19.9 Å². The fraction of sp³-hybridized carbons (Fsp3) is 0.500. The maximum atomic E-state index is 11.8. The lowest BCUT2D eigenvalue weighted by atomic mass is 10.0. The fourth-order valence-corrected chi connectivity index (χ4v) is 3.55. The third-order valence-electron chi connectivity index (χ3n) is 4.77. The Morgan fingerprint density at radius 1 is 1.32 bits per heavy atom. The van der Waals surface area contributed by atoms with Gasteiger partial charge in [-0.25, -0.2) is 4.79 Å². The minimum atomic E-state index is -0.398. The van der Waals surface area contributed by atoms with E-state index in [9.17, 15) is 9.90 Å². The first-order chi connectivity index (χ1) is 12.1. The molecule has 0 amide bonds. The highest BCUT2D eigenvalue weighted by atomic mass is 35.5. The Morgan fingerprint density at radius 2 is 2.08 bits per heavy atom. The number of rotatable bonds is 6. The van der Waals surface area contributed by atoms with Crippen LogP contribution in [0.25, 0.3) is 11.0 Å². The van der Waals surface area contributed by atoms with E-state index in [-0.39, 0.29) is 5.75 Å². The standard InChI is InChI=1S/C18H23ClN2O4/c1-2-12-9-16(22)25-18-13(12)10-15(19)17(23)14(18)11-20-3-4-21-5-7-24-8-6-21/h9-10,20,23H,2-8,11H2,1H3/p+2. The Bertz CT molecular complexity index is 800. The lowest BCUT2D eigenvalue weighted by molar-refractivity contribution is -0.920. The minimum Gasteiger partial charge on any atom is -0.506 e. The molecule has 0 atom stereocenters. The summed E-state index contributed by atoms with van der Waals surface area (Å²) in [5.41, 5.74) is 1.52. The number of benzene rings is 1. The van der Waals surface area contributed by atoms with Crippen molar-refractivity contribution < 1.29 is 24.5 Å². The van der Waals surface area contributed by atoms with Crippen molar-refractivity contribution in [1.82, 2.24) is 0 Å². The average molecular weight is 369 g/mol. The Labute approximate surface area is 151 Å². The van der Waals surface area contributed by atoms with Crippen LogP contribution >= 0.6 is 11.6 Å². The second-order valence-corrected chi connectivity index (χ2v) is 6.81. The van der Waals surface area contributed by atoms with Gasteiger partial charge in [-0.05, 0) is 18.1 Å². The number of morpholine rings is 1. The first-order valence-electron chi connectivity index (χ1n) is 8.80. The van der Waals surface area contributed by atoms with Crippen LogP contribution < -0.4 is 15.8 Å². The fourth-order valence-electron chi connectivity index (χ4n) is 3.32. The van der Waals surface area contributed by atoms with Crippen molar-refractivity contribution in [2.75, 3.05) is 39.4 Å². The van der Waals surface area contributed by atoms with Gasteiger partial charge in [0.2, 0.25) is 0 Å². The molecule has 0 aliphatic carbocycles. The smallest absolute Gasteiger partial charge is 0.336 e. The Balaban J connectivity index is 1.78. The SMILES string of the molecule is CCc1cc(=O)oc2c(C[NH2+]CC[NH+]3CCOCC3)c(O)c(Cl)cc12. The molecule has 1 saturated heterocycles. The van der Waals surface area contributed by atoms with Gasteiger partial charge in [0, 0.05) is 11.5 Å². The summed E-state index contributed by atoms with van der Waals surface area (Å²) in [7, 11) is 0. The van der Waals surface area contributed by atoms with Crippen molar-refractivity contribution in [3.05, 3.63) is 38.7 Å². The van der Waals surface area contributed by atoms with Gasteiger partial charge in [-0.1, -0.05) is 18.5 Å². The molecular formula is C18H25ClN2O4+2. The van der Waals surface area contributed by atoms with E-state index in [1.54, 1.807) is 6.07 Å². The van der Waals surface area contributed by atoms with Crippen LogP contribution in [-0.4, -0.2) is 44.5 Å². The number of ether oxygens (including phenoxy) is 1. The van der Waals surface area contributed by atoms with Crippen LogP contribution in [0.1, 0.15) is 18.1 Å². The van der Waals surface area contributed by atoms with Gasteiger partial charge >= 0.3 is 5.63 Å². The maximum Gasteiger partial charge on any atom is 0.336 e. The second kappa shape index (κ2) is 8.19. The van der Waals surface area contributed by atoms with E-state index in [0.29, 0.717) is 29.1 Å². The average Bonchev–Trinajstić information content (AvgIpc) is 2.62. The number of nitrogens with one attached hydrogen (secondary N) is 1. The van der Waals surface area contributed by atoms with Crippen molar-refractivity contribution in [1.29, 1.82) is 0 Å². The molecule has 1 fully saturated rings. The predicted molar refractivity (Wildman–Crippen MR) is 95.4 cm³/mol. The Morgan fingerprint density at radius 3 is 2.80 bits per heavy atom. The van der Waals surface area contributed by atoms with E-state index >= 15 is 0 Å². The molecule has 1 aliphatic heterocycles. The summed E-state index contributed by atoms with van der Waals surface area (Å²) in [4.78, 5) is 13.4. The molecule has 1 aromatic carbocycles. The maximum absolute atomic E-state index is 11.8. The van der Waals surface area contributed by atoms with E-state index in [4.69, 9.17) is 20.8 Å². The zero-order valence-electron chi connectivity index (χ0n) is 14.4. The molecular weight excluding hydrogens is 344 g/mol. The van der Waals surface area contributed by atoms with Gasteiger partial charge in [0.1, 0.15) is 38.5 Å². The van der Waals surface area contributed by atoms with Gasteiger partial charge < -0.3 is 24.5 Å². The number of aryl methyl sites for hydroxylation is 1. The molecule has 2 aromatic rings. The third-order valence-corrected chi connectivity index (χ3v) is 5.06. The number of hydrogen-bond acceptors (Lipinski definition) is 4. The molecule has 0 bridgehead atoms. The summed E-state index contributed by atoms with van der Waals surface area (Å²) in [6.45, 7) is 8.16. The quantitative estimate of drug-likeness (QED) is 0.483. The lowest BCUT2D eigenvalue weighted by Crippen LogP contribution is -3.16. The van der Waals surface area contributed by atoms with Gasteiger partial charge in [0.15, 0.2) is 5.58 Å². The van der Waals surface area contributed by atoms with Crippen LogP contribution in [-0.2, 0) is 17.7 Å². The minimum absolute atomic E-state index is 0.000499. The third kappa shape index (κ3) is 4.15. The van der Waals surface area contributed by atoms with Gasteiger partial charge in [-0.15, -0.1) is 0 Å². The van der Waals surface area contributed by atoms with Crippen molar-refractivity contribution >= 4 is 22.6 Å². The molecule has 0 saturated carbocycles. The molecule has 6 nitrogen and oxygen atoms in total. The highest BCUT2D eigenvalue weighted by molar-refractivity contribution is 6.33. The highest BCUT2D eigenvalue weighted by Gasteiger charge is 2.19. The second-order valence-electron chi connectivity index (χ2n) is 6.40. The molecule has 0 spiro atoms. The molecule has 1 aromatic heterocycles. The Hall–Kier alpha value is -1.60. The number of quaternary nitrogens is 2. The molecule has 2 heterocycles. The number of nitrogens with two attached hydrogens (primary N) is 1. The first-order valence-corrected chi connectivity index (χ1v) is 9.18. The lowest BCUT2D eigenvalue weighted by Gasteiger charge is -2.22. The number of phenolic OH excluding ortho intramolecular Hbond substituents is 1. The largest absolute Gasteiger partial charge is 0.506 e. The van der Waals surface area contributed by atoms with Crippen LogP contribution in [0.5, 0.6) is 5.75 Å². The highest BCUT2D eigenvalue weighted by Crippen LogP contribution is 2.35. The molecule has 3 rings (SSSR count). The van der Waals surface area contributed by atoms with Crippen LogP contribution in [0.3, 0.4) is 0 Å². The van der Waals surface area contributed by atoms with Gasteiger partial charge in [-0.3, -0.25) is 0 Å². The van der Waals surface area contributed by atoms with Gasteiger partial charge in [0.25, 0.3) is 0 Å². The zero-order chi connectivity index (χ0) is 17.8. The number of halogens is 1. The number of phenols is 1. The summed E-state index contributed by atoms with van der Waals surface area (Å²) in [5.74, 6) is 0.000499. The van der Waals surface area contributed by atoms with Crippen molar-refractivity contribution in [3.8, 4) is 5.75 Å². The van der Waals surface area contributed by atoms with E-state index in [1.165, 1.54) is 11.0 Å². The molecule has 25 heavy (non-hydrogen) atoms. The van der Waals surface area contributed by atoms with E-state index < -0.39 is 5.63 Å². The predicted octanol–water partition coefficient (Wildman–Crippen LogP) is -0.307. The van der Waals surface area contributed by atoms with E-state index in [1.807, 2.05) is 6.92 Å². The summed E-state index contributed by atoms with van der Waals surface area (Å²) in [6, 6.07) is 3.17. The van der Waals surface area contributed by atoms with Crippen LogP contribution in [0.2, 0.25) is 5.02 Å². The molecule has 0 radical (unpaired) electrons. The summed E-state index contributed by atoms with van der Waals surface area (Å²) >= 11 is 6.19. The number of hydrogen-bond donors (Lipinski definition) is 3.